The zero-order valence-electron chi connectivity index (χ0n) is 14.3. The molecule has 6 heteroatoms. The van der Waals surface area contributed by atoms with E-state index in [9.17, 15) is 13.2 Å². The molecule has 0 aliphatic carbocycles. The van der Waals surface area contributed by atoms with Crippen molar-refractivity contribution in [1.29, 1.82) is 0 Å². The predicted octanol–water partition coefficient (Wildman–Crippen LogP) is 2.41. The molecule has 2 saturated heterocycles. The first-order chi connectivity index (χ1) is 11.5. The summed E-state index contributed by atoms with van der Waals surface area (Å²) in [5.41, 5.74) is 0.936. The van der Waals surface area contributed by atoms with Crippen molar-refractivity contribution in [2.24, 2.45) is 5.92 Å². The Morgan fingerprint density at radius 1 is 1.04 bits per heavy atom. The topological polar surface area (TPSA) is 57.7 Å². The quantitative estimate of drug-likeness (QED) is 0.841. The lowest BCUT2D eigenvalue weighted by atomic mass is 9.95. The Bertz CT molecular complexity index is 688. The lowest BCUT2D eigenvalue weighted by molar-refractivity contribution is -0.137. The summed E-state index contributed by atoms with van der Waals surface area (Å²) < 4.78 is 27.0. The minimum absolute atomic E-state index is 0.0212. The smallest absolute Gasteiger partial charge is 0.243 e. The van der Waals surface area contributed by atoms with Crippen LogP contribution in [0.25, 0.3) is 0 Å². The molecule has 132 valence electrons. The Labute approximate surface area is 144 Å². The number of nitrogens with zero attached hydrogens (tertiary/aromatic N) is 2. The van der Waals surface area contributed by atoms with Gasteiger partial charge in [0.25, 0.3) is 0 Å². The second-order valence-electron chi connectivity index (χ2n) is 6.88. The molecular formula is C18H26N2O3S. The van der Waals surface area contributed by atoms with Gasteiger partial charge in [0.1, 0.15) is 0 Å². The van der Waals surface area contributed by atoms with Crippen molar-refractivity contribution in [2.45, 2.75) is 43.9 Å². The first kappa shape index (κ1) is 17.4. The summed E-state index contributed by atoms with van der Waals surface area (Å²) in [5, 5.41) is 0. The molecule has 0 aromatic heterocycles. The molecule has 2 fully saturated rings. The van der Waals surface area contributed by atoms with Crippen molar-refractivity contribution in [2.75, 3.05) is 26.2 Å². The minimum atomic E-state index is -3.45. The molecule has 1 amide bonds. The van der Waals surface area contributed by atoms with Crippen molar-refractivity contribution in [3.63, 3.8) is 0 Å². The number of amides is 1. The second kappa shape index (κ2) is 7.23. The second-order valence-corrected chi connectivity index (χ2v) is 8.82. The number of sulfonamides is 1. The van der Waals surface area contributed by atoms with Crippen molar-refractivity contribution in [3.05, 3.63) is 29.8 Å². The van der Waals surface area contributed by atoms with E-state index in [2.05, 4.69) is 0 Å². The Morgan fingerprint density at radius 2 is 1.71 bits per heavy atom. The number of likely N-dealkylation sites (tertiary alicyclic amines) is 1. The number of rotatable bonds is 3. The molecule has 2 heterocycles. The third kappa shape index (κ3) is 3.64. The largest absolute Gasteiger partial charge is 0.342 e. The lowest BCUT2D eigenvalue weighted by Gasteiger charge is -2.35. The van der Waals surface area contributed by atoms with Gasteiger partial charge in [-0.3, -0.25) is 4.79 Å². The Hall–Kier alpha value is -1.40. The van der Waals surface area contributed by atoms with Crippen molar-refractivity contribution < 1.29 is 13.2 Å². The van der Waals surface area contributed by atoms with Crippen LogP contribution in [0.1, 0.15) is 37.7 Å². The maximum absolute atomic E-state index is 12.7. The van der Waals surface area contributed by atoms with Gasteiger partial charge in [-0.2, -0.15) is 4.31 Å². The van der Waals surface area contributed by atoms with Crippen LogP contribution in [0.2, 0.25) is 0 Å². The summed E-state index contributed by atoms with van der Waals surface area (Å²) in [4.78, 5) is 14.9. The van der Waals surface area contributed by atoms with Crippen LogP contribution in [0.5, 0.6) is 0 Å². The Kier molecular flexibility index (Phi) is 5.25. The van der Waals surface area contributed by atoms with Crippen LogP contribution < -0.4 is 0 Å². The first-order valence-corrected chi connectivity index (χ1v) is 10.3. The summed E-state index contributed by atoms with van der Waals surface area (Å²) in [5.74, 6) is 0.203. The fourth-order valence-electron chi connectivity index (χ4n) is 3.64. The van der Waals surface area contributed by atoms with Crippen LogP contribution in [0.4, 0.5) is 0 Å². The SMILES string of the molecule is Cc1cccc(S(=O)(=O)N2CCC(C(=O)N3CCCCC3)CC2)c1. The average Bonchev–Trinajstić information content (AvgIpc) is 2.62. The van der Waals surface area contributed by atoms with Crippen LogP contribution in [0, 0.1) is 12.8 Å². The van der Waals surface area contributed by atoms with Gasteiger partial charge in [0.05, 0.1) is 4.90 Å². The van der Waals surface area contributed by atoms with Crippen LogP contribution in [-0.4, -0.2) is 49.7 Å². The van der Waals surface area contributed by atoms with Crippen LogP contribution >= 0.6 is 0 Å². The van der Waals surface area contributed by atoms with E-state index in [-0.39, 0.29) is 11.8 Å². The first-order valence-electron chi connectivity index (χ1n) is 8.84. The highest BCUT2D eigenvalue weighted by Gasteiger charge is 2.34. The average molecular weight is 350 g/mol. The van der Waals surface area contributed by atoms with Crippen LogP contribution in [-0.2, 0) is 14.8 Å². The molecule has 0 spiro atoms. The normalized spacial score (nSPS) is 21.0. The zero-order valence-corrected chi connectivity index (χ0v) is 15.1. The fourth-order valence-corrected chi connectivity index (χ4v) is 5.22. The van der Waals surface area contributed by atoms with E-state index in [1.807, 2.05) is 17.9 Å². The number of aryl methyl sites for hydroxylation is 1. The highest BCUT2D eigenvalue weighted by molar-refractivity contribution is 7.89. The highest BCUT2D eigenvalue weighted by Crippen LogP contribution is 2.26. The molecule has 5 nitrogen and oxygen atoms in total. The minimum Gasteiger partial charge on any atom is -0.342 e. The van der Waals surface area contributed by atoms with Gasteiger partial charge >= 0.3 is 0 Å². The summed E-state index contributed by atoms with van der Waals surface area (Å²) in [7, 11) is -3.45. The predicted molar refractivity (Wildman–Crippen MR) is 93.1 cm³/mol. The van der Waals surface area contributed by atoms with Gasteiger partial charge in [0, 0.05) is 32.1 Å². The van der Waals surface area contributed by atoms with Gasteiger partial charge in [-0.25, -0.2) is 8.42 Å². The maximum Gasteiger partial charge on any atom is 0.243 e. The standard InChI is InChI=1S/C18H26N2O3S/c1-15-6-5-7-17(14-15)24(22,23)20-12-8-16(9-13-20)18(21)19-10-3-2-4-11-19/h5-7,14,16H,2-4,8-13H2,1H3. The van der Waals surface area contributed by atoms with Crippen molar-refractivity contribution >= 4 is 15.9 Å². The Morgan fingerprint density at radius 3 is 2.33 bits per heavy atom. The molecule has 2 aliphatic rings. The molecule has 0 N–H and O–H groups in total. The van der Waals surface area contributed by atoms with E-state index >= 15 is 0 Å². The summed E-state index contributed by atoms with van der Waals surface area (Å²) in [6.45, 7) is 4.48. The van der Waals surface area contributed by atoms with E-state index in [0.29, 0.717) is 30.8 Å². The molecule has 24 heavy (non-hydrogen) atoms. The van der Waals surface area contributed by atoms with Gasteiger partial charge < -0.3 is 4.90 Å². The molecule has 1 aromatic carbocycles. The monoisotopic (exact) mass is 350 g/mol. The van der Waals surface area contributed by atoms with Crippen molar-refractivity contribution in [1.82, 2.24) is 9.21 Å². The number of hydrogen-bond acceptors (Lipinski definition) is 3. The molecule has 0 radical (unpaired) electrons. The third-order valence-electron chi connectivity index (χ3n) is 5.10. The fraction of sp³-hybridized carbons (Fsp3) is 0.611. The van der Waals surface area contributed by atoms with E-state index in [1.54, 1.807) is 18.2 Å². The number of carbonyl (C=O) groups excluding carboxylic acids is 1. The number of benzene rings is 1. The molecule has 2 aliphatic heterocycles. The van der Waals surface area contributed by atoms with Gasteiger partial charge in [-0.1, -0.05) is 12.1 Å². The van der Waals surface area contributed by atoms with Gasteiger partial charge in [0.2, 0.25) is 15.9 Å². The summed E-state index contributed by atoms with van der Waals surface area (Å²) in [6, 6.07) is 7.02. The third-order valence-corrected chi connectivity index (χ3v) is 6.99. The van der Waals surface area contributed by atoms with E-state index in [1.165, 1.54) is 10.7 Å². The van der Waals surface area contributed by atoms with Crippen LogP contribution in [0.3, 0.4) is 0 Å². The van der Waals surface area contributed by atoms with E-state index in [4.69, 9.17) is 0 Å². The number of carbonyl (C=O) groups is 1. The molecule has 0 saturated carbocycles. The Balaban J connectivity index is 1.63. The molecule has 0 unspecified atom stereocenters. The summed E-state index contributed by atoms with van der Waals surface area (Å²) >= 11 is 0. The number of piperidine rings is 2. The molecule has 0 bridgehead atoms. The molecular weight excluding hydrogens is 324 g/mol. The van der Waals surface area contributed by atoms with Crippen molar-refractivity contribution in [3.8, 4) is 0 Å². The zero-order chi connectivity index (χ0) is 17.2. The van der Waals surface area contributed by atoms with E-state index in [0.717, 1.165) is 31.5 Å². The molecule has 0 atom stereocenters. The molecule has 1 aromatic rings. The van der Waals surface area contributed by atoms with Gasteiger partial charge in [-0.05, 0) is 56.7 Å². The summed E-state index contributed by atoms with van der Waals surface area (Å²) in [6.07, 6.45) is 4.64. The van der Waals surface area contributed by atoms with Gasteiger partial charge in [0.15, 0.2) is 0 Å². The van der Waals surface area contributed by atoms with Gasteiger partial charge in [-0.15, -0.1) is 0 Å². The lowest BCUT2D eigenvalue weighted by Crippen LogP contribution is -2.45. The highest BCUT2D eigenvalue weighted by atomic mass is 32.2. The molecule has 3 rings (SSSR count). The maximum atomic E-state index is 12.7. The van der Waals surface area contributed by atoms with Crippen LogP contribution in [0.15, 0.2) is 29.2 Å². The number of hydrogen-bond donors (Lipinski definition) is 0. The van der Waals surface area contributed by atoms with E-state index < -0.39 is 10.0 Å².